The summed E-state index contributed by atoms with van der Waals surface area (Å²) in [6, 6.07) is 105. The van der Waals surface area contributed by atoms with Gasteiger partial charge in [-0.2, -0.15) is 0 Å². The monoisotopic (exact) mass is 1110 g/mol. The molecule has 0 saturated heterocycles. The number of hydrogen-bond acceptors (Lipinski definition) is 4. The Balaban J connectivity index is 0.895. The maximum absolute atomic E-state index is 6.80. The number of furan rings is 2. The van der Waals surface area contributed by atoms with Crippen LogP contribution in [0.25, 0.3) is 111 Å². The van der Waals surface area contributed by atoms with Crippen LogP contribution in [0.3, 0.4) is 0 Å². The molecule has 18 rings (SSSR count). The molecule has 4 heteroatoms. The Bertz CT molecular complexity index is 5300. The van der Waals surface area contributed by atoms with E-state index in [4.69, 9.17) is 8.83 Å². The molecule has 1 atom stereocenters. The van der Waals surface area contributed by atoms with Crippen LogP contribution in [0.4, 0.5) is 34.1 Å². The van der Waals surface area contributed by atoms with E-state index in [1.165, 1.54) is 66.8 Å². The fraction of sp³-hybridized carbons (Fsp3) is 0.0602. The summed E-state index contributed by atoms with van der Waals surface area (Å²) in [6.07, 6.45) is 0. The van der Waals surface area contributed by atoms with E-state index >= 15 is 0 Å². The van der Waals surface area contributed by atoms with Crippen LogP contribution in [-0.4, -0.2) is 0 Å². The van der Waals surface area contributed by atoms with Gasteiger partial charge < -0.3 is 18.6 Å². The third-order valence-electron chi connectivity index (χ3n) is 19.4. The normalized spacial score (nSPS) is 15.0. The molecule has 0 fully saturated rings. The van der Waals surface area contributed by atoms with Crippen molar-refractivity contribution in [3.8, 4) is 66.8 Å². The lowest BCUT2D eigenvalue weighted by molar-refractivity contribution is 0.659. The Morgan fingerprint density at radius 3 is 1.41 bits per heavy atom. The quantitative estimate of drug-likeness (QED) is 0.152. The summed E-state index contributed by atoms with van der Waals surface area (Å²) in [5.41, 5.74) is 30.0. The molecule has 2 aromatic heterocycles. The third kappa shape index (κ3) is 7.25. The molecule has 410 valence electrons. The van der Waals surface area contributed by atoms with Gasteiger partial charge in [0.2, 0.25) is 0 Å². The van der Waals surface area contributed by atoms with Gasteiger partial charge in [0.1, 0.15) is 22.3 Å². The van der Waals surface area contributed by atoms with Gasteiger partial charge in [-0.1, -0.05) is 214 Å². The molecule has 0 saturated carbocycles. The van der Waals surface area contributed by atoms with Gasteiger partial charge in [-0.25, -0.2) is 0 Å². The summed E-state index contributed by atoms with van der Waals surface area (Å²) < 4.78 is 13.4. The van der Waals surface area contributed by atoms with Crippen LogP contribution in [0.15, 0.2) is 294 Å². The fourth-order valence-corrected chi connectivity index (χ4v) is 15.2. The standard InChI is InChI=1S/C83H56N2O2/c1-82(2)71-29-13-10-22-63(71)68-50-73-69(49-72(68)82)70-47-60(84(57-39-32-53(33-40-57)51-18-6-4-7-19-51)58-43-36-55(37-44-58)61-25-16-27-66-64-23-11-14-30-77(64)86-80(61)66)48-76-79(70)83(73,3)74-46-56(62-26-17-28-67-65-24-12-15-31-78(65)87-81(62)67)38-45-75(74)85(76)59-41-34-54(35-42-59)52-20-8-5-9-21-52/h4-50H,1-3H3. The maximum Gasteiger partial charge on any atom is 0.143 e. The van der Waals surface area contributed by atoms with Crippen molar-refractivity contribution in [3.05, 3.63) is 313 Å². The number of benzene rings is 13. The minimum Gasteiger partial charge on any atom is -0.455 e. The van der Waals surface area contributed by atoms with Crippen molar-refractivity contribution < 1.29 is 8.83 Å². The van der Waals surface area contributed by atoms with E-state index in [9.17, 15) is 0 Å². The van der Waals surface area contributed by atoms with Crippen molar-refractivity contribution >= 4 is 78.0 Å². The number of fused-ring (bicyclic) bond motifs is 14. The number of rotatable bonds is 8. The van der Waals surface area contributed by atoms with E-state index in [1.807, 2.05) is 6.07 Å². The van der Waals surface area contributed by atoms with E-state index in [2.05, 4.69) is 310 Å². The van der Waals surface area contributed by atoms with Crippen LogP contribution < -0.4 is 9.80 Å². The van der Waals surface area contributed by atoms with E-state index in [0.717, 1.165) is 106 Å². The minimum atomic E-state index is -0.593. The number of nitrogens with zero attached hydrogens (tertiary/aromatic N) is 2. The SMILES string of the molecule is CC1(C)c2ccccc2-c2cc3c(cc21)-c1cc(N(c2ccc(-c4ccccc4)cc2)c2ccc(-c4cccc5c4oc4ccccc45)cc2)cc2c1C3(C)c1cc(-c3cccc4c3oc3ccccc34)ccc1N2c1ccc(-c2ccccc2)cc1. The van der Waals surface area contributed by atoms with E-state index < -0.39 is 5.41 Å². The topological polar surface area (TPSA) is 32.8 Å². The van der Waals surface area contributed by atoms with Gasteiger partial charge in [0.25, 0.3) is 0 Å². The van der Waals surface area contributed by atoms with Gasteiger partial charge in [0.05, 0.1) is 11.4 Å². The molecule has 1 aliphatic heterocycles. The summed E-state index contributed by atoms with van der Waals surface area (Å²) in [4.78, 5) is 5.01. The molecule has 2 aliphatic carbocycles. The first-order valence-corrected chi connectivity index (χ1v) is 30.2. The second-order valence-corrected chi connectivity index (χ2v) is 24.5. The van der Waals surface area contributed by atoms with Crippen LogP contribution >= 0.6 is 0 Å². The van der Waals surface area contributed by atoms with Gasteiger partial charge in [0, 0.05) is 66.3 Å². The summed E-state index contributed by atoms with van der Waals surface area (Å²) in [6.45, 7) is 7.30. The fourth-order valence-electron chi connectivity index (χ4n) is 15.2. The lowest BCUT2D eigenvalue weighted by atomic mass is 9.69. The predicted molar refractivity (Wildman–Crippen MR) is 361 cm³/mol. The van der Waals surface area contributed by atoms with E-state index in [1.54, 1.807) is 0 Å². The largest absolute Gasteiger partial charge is 0.455 e. The van der Waals surface area contributed by atoms with Crippen molar-refractivity contribution in [2.24, 2.45) is 0 Å². The molecule has 3 heterocycles. The molecule has 4 nitrogen and oxygen atoms in total. The molecule has 1 unspecified atom stereocenters. The van der Waals surface area contributed by atoms with Gasteiger partial charge in [-0.15, -0.1) is 0 Å². The maximum atomic E-state index is 6.80. The van der Waals surface area contributed by atoms with Crippen molar-refractivity contribution in [2.75, 3.05) is 9.80 Å². The first-order valence-electron chi connectivity index (χ1n) is 30.2. The Morgan fingerprint density at radius 2 is 0.782 bits per heavy atom. The van der Waals surface area contributed by atoms with Gasteiger partial charge in [-0.3, -0.25) is 0 Å². The first-order chi connectivity index (χ1) is 42.8. The molecule has 0 spiro atoms. The van der Waals surface area contributed by atoms with Gasteiger partial charge in [0.15, 0.2) is 0 Å². The molecule has 87 heavy (non-hydrogen) atoms. The zero-order valence-electron chi connectivity index (χ0n) is 48.3. The molecule has 0 N–H and O–H groups in total. The molecule has 0 bridgehead atoms. The number of hydrogen-bond donors (Lipinski definition) is 0. The highest BCUT2D eigenvalue weighted by Gasteiger charge is 2.51. The Hall–Kier alpha value is -10.9. The first kappa shape index (κ1) is 49.5. The summed E-state index contributed by atoms with van der Waals surface area (Å²) in [7, 11) is 0. The summed E-state index contributed by atoms with van der Waals surface area (Å²) in [5.74, 6) is 0. The highest BCUT2D eigenvalue weighted by Crippen LogP contribution is 2.66. The van der Waals surface area contributed by atoms with Crippen LogP contribution in [0.1, 0.15) is 48.6 Å². The molecular weight excluding hydrogens is 1060 g/mol. The van der Waals surface area contributed by atoms with Crippen molar-refractivity contribution in [3.63, 3.8) is 0 Å². The van der Waals surface area contributed by atoms with Crippen LogP contribution in [0.5, 0.6) is 0 Å². The predicted octanol–water partition coefficient (Wildman–Crippen LogP) is 23.0. The van der Waals surface area contributed by atoms with Crippen LogP contribution in [-0.2, 0) is 10.8 Å². The Kier molecular flexibility index (Phi) is 10.5. The molecule has 13 aromatic carbocycles. The van der Waals surface area contributed by atoms with Crippen molar-refractivity contribution in [2.45, 2.75) is 31.6 Å². The van der Waals surface area contributed by atoms with E-state index in [0.29, 0.717) is 0 Å². The number of anilines is 6. The van der Waals surface area contributed by atoms with Crippen molar-refractivity contribution in [1.82, 2.24) is 0 Å². The smallest absolute Gasteiger partial charge is 0.143 e. The lowest BCUT2D eigenvalue weighted by Gasteiger charge is -2.43. The van der Waals surface area contributed by atoms with Crippen LogP contribution in [0.2, 0.25) is 0 Å². The average molecular weight is 1110 g/mol. The summed E-state index contributed by atoms with van der Waals surface area (Å²) >= 11 is 0. The lowest BCUT2D eigenvalue weighted by Crippen LogP contribution is -2.32. The molecule has 0 amide bonds. The number of para-hydroxylation sites is 4. The Morgan fingerprint density at radius 1 is 0.299 bits per heavy atom. The minimum absolute atomic E-state index is 0.218. The molecule has 15 aromatic rings. The molecular formula is C83H56N2O2. The highest BCUT2D eigenvalue weighted by atomic mass is 16.3. The van der Waals surface area contributed by atoms with Gasteiger partial charge in [-0.05, 0) is 175 Å². The second-order valence-electron chi connectivity index (χ2n) is 24.5. The second kappa shape index (κ2) is 18.5. The highest BCUT2D eigenvalue weighted by molar-refractivity contribution is 6.11. The average Bonchev–Trinajstić information content (AvgIpc) is 1.55. The molecule has 3 aliphatic rings. The Labute approximate surface area is 505 Å². The van der Waals surface area contributed by atoms with Crippen molar-refractivity contribution in [1.29, 1.82) is 0 Å². The van der Waals surface area contributed by atoms with E-state index in [-0.39, 0.29) is 5.41 Å². The zero-order valence-corrected chi connectivity index (χ0v) is 48.3. The summed E-state index contributed by atoms with van der Waals surface area (Å²) in [5, 5.41) is 4.48. The third-order valence-corrected chi connectivity index (χ3v) is 19.4. The zero-order chi connectivity index (χ0) is 57.7. The van der Waals surface area contributed by atoms with Crippen LogP contribution in [0, 0.1) is 0 Å². The molecule has 0 radical (unpaired) electrons. The van der Waals surface area contributed by atoms with Gasteiger partial charge >= 0.3 is 0 Å².